The molecule has 3 nitrogen and oxygen atoms in total. The minimum absolute atomic E-state index is 0.299. The van der Waals surface area contributed by atoms with Crippen molar-refractivity contribution in [2.75, 3.05) is 19.7 Å². The summed E-state index contributed by atoms with van der Waals surface area (Å²) in [4.78, 5) is 2.58. The number of aliphatic hydroxyl groups excluding tert-OH is 1. The normalized spacial score (nSPS) is 35.6. The Kier molecular flexibility index (Phi) is 4.00. The first-order valence-corrected chi connectivity index (χ1v) is 6.42. The summed E-state index contributed by atoms with van der Waals surface area (Å²) in [6, 6.07) is 1.66. The molecule has 0 amide bonds. The van der Waals surface area contributed by atoms with Gasteiger partial charge in [-0.05, 0) is 19.8 Å². The molecule has 1 saturated heterocycles. The van der Waals surface area contributed by atoms with Gasteiger partial charge in [0.25, 0.3) is 0 Å². The van der Waals surface area contributed by atoms with Crippen LogP contribution >= 0.6 is 0 Å². The number of nitrogens with one attached hydrogen (secondary N) is 1. The van der Waals surface area contributed by atoms with E-state index < -0.39 is 0 Å². The molecule has 0 aromatic carbocycles. The van der Waals surface area contributed by atoms with Crippen molar-refractivity contribution in [2.45, 2.75) is 57.2 Å². The highest BCUT2D eigenvalue weighted by Crippen LogP contribution is 2.26. The molecule has 3 heteroatoms. The zero-order chi connectivity index (χ0) is 10.7. The molecule has 0 spiro atoms. The number of aliphatic hydroxyl groups is 1. The van der Waals surface area contributed by atoms with E-state index in [4.69, 9.17) is 0 Å². The Labute approximate surface area is 92.8 Å². The fraction of sp³-hybridized carbons (Fsp3) is 1.00. The Balaban J connectivity index is 2.00. The Morgan fingerprint density at radius 2 is 1.93 bits per heavy atom. The Bertz CT molecular complexity index is 192. The number of nitrogens with zero attached hydrogens (tertiary/aromatic N) is 1. The second-order valence-corrected chi connectivity index (χ2v) is 5.08. The SMILES string of the molecule is CC1CNCC(CO)N1C1CCCCC1. The molecule has 0 aromatic rings. The molecule has 0 radical (unpaired) electrons. The standard InChI is InChI=1S/C12H24N2O/c1-10-7-13-8-12(9-15)14(10)11-5-3-2-4-6-11/h10-13,15H,2-9H2,1H3. The molecular formula is C12H24N2O. The van der Waals surface area contributed by atoms with Crippen molar-refractivity contribution in [1.29, 1.82) is 0 Å². The van der Waals surface area contributed by atoms with Crippen molar-refractivity contribution in [3.05, 3.63) is 0 Å². The summed E-state index contributed by atoms with van der Waals surface area (Å²) >= 11 is 0. The predicted octanol–water partition coefficient (Wildman–Crippen LogP) is 0.974. The van der Waals surface area contributed by atoms with E-state index in [-0.39, 0.29) is 0 Å². The minimum atomic E-state index is 0.299. The molecule has 2 fully saturated rings. The summed E-state index contributed by atoms with van der Waals surface area (Å²) in [7, 11) is 0. The second kappa shape index (κ2) is 5.28. The maximum atomic E-state index is 9.43. The highest BCUT2D eigenvalue weighted by molar-refractivity contribution is 4.90. The topological polar surface area (TPSA) is 35.5 Å². The van der Waals surface area contributed by atoms with E-state index in [1.165, 1.54) is 32.1 Å². The van der Waals surface area contributed by atoms with Gasteiger partial charge in [0.15, 0.2) is 0 Å². The fourth-order valence-electron chi connectivity index (χ4n) is 3.23. The molecule has 1 aliphatic heterocycles. The van der Waals surface area contributed by atoms with Gasteiger partial charge in [0, 0.05) is 31.2 Å². The van der Waals surface area contributed by atoms with Gasteiger partial charge in [-0.3, -0.25) is 4.90 Å². The lowest BCUT2D eigenvalue weighted by molar-refractivity contribution is 0.0124. The third kappa shape index (κ3) is 2.52. The fourth-order valence-corrected chi connectivity index (χ4v) is 3.23. The molecule has 2 rings (SSSR count). The third-order valence-corrected chi connectivity index (χ3v) is 3.96. The summed E-state index contributed by atoms with van der Waals surface area (Å²) in [6.45, 7) is 4.61. The number of hydrogen-bond acceptors (Lipinski definition) is 3. The molecule has 1 heterocycles. The van der Waals surface area contributed by atoms with E-state index in [1.54, 1.807) is 0 Å². The van der Waals surface area contributed by atoms with Crippen LogP contribution in [0.15, 0.2) is 0 Å². The molecule has 1 aliphatic carbocycles. The molecule has 88 valence electrons. The summed E-state index contributed by atoms with van der Waals surface area (Å²) < 4.78 is 0. The van der Waals surface area contributed by atoms with Gasteiger partial charge in [-0.25, -0.2) is 0 Å². The first-order valence-electron chi connectivity index (χ1n) is 6.42. The molecule has 1 saturated carbocycles. The Morgan fingerprint density at radius 1 is 1.20 bits per heavy atom. The maximum Gasteiger partial charge on any atom is 0.0599 e. The van der Waals surface area contributed by atoms with Crippen molar-refractivity contribution >= 4 is 0 Å². The molecule has 0 bridgehead atoms. The van der Waals surface area contributed by atoms with E-state index >= 15 is 0 Å². The molecule has 2 N–H and O–H groups in total. The monoisotopic (exact) mass is 212 g/mol. The predicted molar refractivity (Wildman–Crippen MR) is 61.9 cm³/mol. The molecule has 0 aromatic heterocycles. The highest BCUT2D eigenvalue weighted by Gasteiger charge is 2.33. The van der Waals surface area contributed by atoms with Gasteiger partial charge in [-0.15, -0.1) is 0 Å². The van der Waals surface area contributed by atoms with E-state index in [0.717, 1.165) is 19.1 Å². The van der Waals surface area contributed by atoms with Crippen molar-refractivity contribution in [3.8, 4) is 0 Å². The zero-order valence-electron chi connectivity index (χ0n) is 9.78. The smallest absolute Gasteiger partial charge is 0.0599 e. The van der Waals surface area contributed by atoms with E-state index in [0.29, 0.717) is 18.7 Å². The highest BCUT2D eigenvalue weighted by atomic mass is 16.3. The maximum absolute atomic E-state index is 9.43. The first kappa shape index (κ1) is 11.4. The van der Waals surface area contributed by atoms with Crippen molar-refractivity contribution in [3.63, 3.8) is 0 Å². The summed E-state index contributed by atoms with van der Waals surface area (Å²) in [5.41, 5.74) is 0. The number of piperazine rings is 1. The van der Waals surface area contributed by atoms with Crippen LogP contribution in [0.3, 0.4) is 0 Å². The lowest BCUT2D eigenvalue weighted by Crippen LogP contribution is -2.61. The average Bonchev–Trinajstić information content (AvgIpc) is 2.29. The first-order chi connectivity index (χ1) is 7.33. The third-order valence-electron chi connectivity index (χ3n) is 3.96. The zero-order valence-corrected chi connectivity index (χ0v) is 9.78. The quantitative estimate of drug-likeness (QED) is 0.716. The Hall–Kier alpha value is -0.120. The van der Waals surface area contributed by atoms with Crippen LogP contribution in [0.1, 0.15) is 39.0 Å². The molecule has 2 atom stereocenters. The van der Waals surface area contributed by atoms with Gasteiger partial charge >= 0.3 is 0 Å². The van der Waals surface area contributed by atoms with Crippen molar-refractivity contribution in [1.82, 2.24) is 10.2 Å². The van der Waals surface area contributed by atoms with Gasteiger partial charge < -0.3 is 10.4 Å². The molecule has 2 aliphatic rings. The van der Waals surface area contributed by atoms with E-state index in [2.05, 4.69) is 17.1 Å². The van der Waals surface area contributed by atoms with Gasteiger partial charge in [-0.1, -0.05) is 19.3 Å². The number of hydrogen-bond donors (Lipinski definition) is 2. The number of rotatable bonds is 2. The van der Waals surface area contributed by atoms with Crippen LogP contribution in [-0.2, 0) is 0 Å². The van der Waals surface area contributed by atoms with Crippen LogP contribution in [0.5, 0.6) is 0 Å². The lowest BCUT2D eigenvalue weighted by atomic mass is 9.91. The largest absolute Gasteiger partial charge is 0.395 e. The van der Waals surface area contributed by atoms with Crippen LogP contribution in [0, 0.1) is 0 Å². The van der Waals surface area contributed by atoms with Crippen LogP contribution < -0.4 is 5.32 Å². The van der Waals surface area contributed by atoms with Crippen molar-refractivity contribution < 1.29 is 5.11 Å². The average molecular weight is 212 g/mol. The summed E-state index contributed by atoms with van der Waals surface area (Å²) in [5.74, 6) is 0. The molecular weight excluding hydrogens is 188 g/mol. The van der Waals surface area contributed by atoms with Crippen LogP contribution in [-0.4, -0.2) is 47.8 Å². The van der Waals surface area contributed by atoms with Gasteiger partial charge in [0.1, 0.15) is 0 Å². The van der Waals surface area contributed by atoms with Gasteiger partial charge in [0.05, 0.1) is 6.61 Å². The van der Waals surface area contributed by atoms with E-state index in [1.807, 2.05) is 0 Å². The van der Waals surface area contributed by atoms with Gasteiger partial charge in [0.2, 0.25) is 0 Å². The van der Waals surface area contributed by atoms with E-state index in [9.17, 15) is 5.11 Å². The molecule has 15 heavy (non-hydrogen) atoms. The summed E-state index contributed by atoms with van der Waals surface area (Å²) in [5, 5.41) is 12.8. The van der Waals surface area contributed by atoms with Gasteiger partial charge in [-0.2, -0.15) is 0 Å². The molecule has 2 unspecified atom stereocenters. The Morgan fingerprint density at radius 3 is 2.60 bits per heavy atom. The van der Waals surface area contributed by atoms with Crippen molar-refractivity contribution in [2.24, 2.45) is 0 Å². The van der Waals surface area contributed by atoms with Crippen LogP contribution in [0.25, 0.3) is 0 Å². The second-order valence-electron chi connectivity index (χ2n) is 5.08. The minimum Gasteiger partial charge on any atom is -0.395 e. The van der Waals surface area contributed by atoms with Crippen LogP contribution in [0.2, 0.25) is 0 Å². The summed E-state index contributed by atoms with van der Waals surface area (Å²) in [6.07, 6.45) is 6.82. The van der Waals surface area contributed by atoms with Crippen LogP contribution in [0.4, 0.5) is 0 Å². The lowest BCUT2D eigenvalue weighted by Gasteiger charge is -2.46.